The number of rotatable bonds is 3. The summed E-state index contributed by atoms with van der Waals surface area (Å²) in [5, 5.41) is 0. The second-order valence-electron chi connectivity index (χ2n) is 3.61. The first kappa shape index (κ1) is 11.5. The van der Waals surface area contributed by atoms with Crippen molar-refractivity contribution in [2.45, 2.75) is 24.9 Å². The zero-order chi connectivity index (χ0) is 10.6. The van der Waals surface area contributed by atoms with Gasteiger partial charge in [0.2, 0.25) is 0 Å². The molecule has 0 amide bonds. The van der Waals surface area contributed by atoms with Crippen LogP contribution in [0.3, 0.4) is 0 Å². The Morgan fingerprint density at radius 3 is 2.86 bits per heavy atom. The van der Waals surface area contributed by atoms with Gasteiger partial charge in [-0.25, -0.2) is 0 Å². The van der Waals surface area contributed by atoms with Crippen LogP contribution in [0.5, 0.6) is 0 Å². The topological polar surface area (TPSA) is 35.2 Å². The van der Waals surface area contributed by atoms with Gasteiger partial charge in [-0.1, -0.05) is 41.5 Å². The van der Waals surface area contributed by atoms with Crippen molar-refractivity contribution in [1.29, 1.82) is 0 Å². The van der Waals surface area contributed by atoms with Crippen molar-refractivity contribution in [2.24, 2.45) is 5.73 Å². The van der Waals surface area contributed by atoms with E-state index in [2.05, 4.69) is 0 Å². The van der Waals surface area contributed by atoms with E-state index in [-0.39, 0.29) is 6.10 Å². The molecule has 0 saturated carbocycles. The highest BCUT2D eigenvalue weighted by Crippen LogP contribution is 2.22. The third-order valence-electron chi connectivity index (χ3n) is 1.95. The zero-order valence-electron chi connectivity index (χ0n) is 8.53. The van der Waals surface area contributed by atoms with Gasteiger partial charge >= 0.3 is 0 Å². The van der Waals surface area contributed by atoms with Crippen LogP contribution in [-0.2, 0) is 4.74 Å². The van der Waals surface area contributed by atoms with E-state index >= 15 is 0 Å². The number of nitrogens with two attached hydrogens (primary N) is 1. The quantitative estimate of drug-likeness (QED) is 0.444. The fourth-order valence-corrected chi connectivity index (χ4v) is 1.32. The summed E-state index contributed by atoms with van der Waals surface area (Å²) in [5.74, 6) is 0. The Balaban J connectivity index is 2.49. The van der Waals surface area contributed by atoms with Crippen LogP contribution in [0.1, 0.15) is 13.8 Å². The van der Waals surface area contributed by atoms with Gasteiger partial charge < -0.3 is 10.5 Å². The number of alkyl halides is 1. The zero-order valence-corrected chi connectivity index (χ0v) is 9.29. The van der Waals surface area contributed by atoms with E-state index in [9.17, 15) is 0 Å². The Labute approximate surface area is 90.1 Å². The monoisotopic (exact) mass is 213 g/mol. The van der Waals surface area contributed by atoms with Gasteiger partial charge in [0.15, 0.2) is 0 Å². The number of hydrogen-bond acceptors (Lipinski definition) is 2. The predicted octanol–water partition coefficient (Wildman–Crippen LogP) is 2.36. The van der Waals surface area contributed by atoms with Crippen LogP contribution in [-0.4, -0.2) is 17.7 Å². The van der Waals surface area contributed by atoms with Crippen LogP contribution in [0.2, 0.25) is 0 Å². The minimum absolute atomic E-state index is 0.259. The molecule has 2 atom stereocenters. The van der Waals surface area contributed by atoms with E-state index in [0.717, 1.165) is 0 Å². The summed E-state index contributed by atoms with van der Waals surface area (Å²) in [6.45, 7) is 4.59. The molecule has 78 valence electrons. The number of hydrogen-bond donors (Lipinski definition) is 1. The highest BCUT2D eigenvalue weighted by atomic mass is 35.5. The summed E-state index contributed by atoms with van der Waals surface area (Å²) in [6, 6.07) is 0. The molecule has 0 aromatic rings. The molecular weight excluding hydrogens is 198 g/mol. The van der Waals surface area contributed by atoms with Gasteiger partial charge in [-0.3, -0.25) is 0 Å². The van der Waals surface area contributed by atoms with E-state index in [4.69, 9.17) is 22.1 Å². The van der Waals surface area contributed by atoms with Crippen molar-refractivity contribution in [3.63, 3.8) is 0 Å². The van der Waals surface area contributed by atoms with E-state index in [1.54, 1.807) is 6.08 Å². The first-order valence-corrected chi connectivity index (χ1v) is 4.99. The second kappa shape index (κ2) is 4.78. The SMILES string of the molecule is CC(C)=CCOC1C=CC=CC1(N)Cl. The van der Waals surface area contributed by atoms with E-state index in [0.29, 0.717) is 6.61 Å². The summed E-state index contributed by atoms with van der Waals surface area (Å²) < 4.78 is 5.54. The lowest BCUT2D eigenvalue weighted by molar-refractivity contribution is 0.0883. The Morgan fingerprint density at radius 1 is 1.57 bits per heavy atom. The van der Waals surface area contributed by atoms with E-state index in [1.807, 2.05) is 38.2 Å². The van der Waals surface area contributed by atoms with Crippen molar-refractivity contribution < 1.29 is 4.74 Å². The second-order valence-corrected chi connectivity index (χ2v) is 4.26. The fourth-order valence-electron chi connectivity index (χ4n) is 1.11. The normalized spacial score (nSPS) is 30.4. The molecule has 14 heavy (non-hydrogen) atoms. The summed E-state index contributed by atoms with van der Waals surface area (Å²) >= 11 is 6.05. The van der Waals surface area contributed by atoms with Gasteiger partial charge in [0, 0.05) is 0 Å². The molecule has 0 aromatic carbocycles. The number of allylic oxidation sites excluding steroid dienone is 3. The Kier molecular flexibility index (Phi) is 3.93. The van der Waals surface area contributed by atoms with Gasteiger partial charge in [-0.2, -0.15) is 0 Å². The number of ether oxygens (including phenoxy) is 1. The lowest BCUT2D eigenvalue weighted by Gasteiger charge is -2.28. The molecule has 0 bridgehead atoms. The smallest absolute Gasteiger partial charge is 0.140 e. The molecule has 2 N–H and O–H groups in total. The minimum Gasteiger partial charge on any atom is -0.366 e. The molecule has 1 aliphatic carbocycles. The lowest BCUT2D eigenvalue weighted by Crippen LogP contribution is -2.45. The Hall–Kier alpha value is -0.570. The van der Waals surface area contributed by atoms with Crippen LogP contribution in [0, 0.1) is 0 Å². The molecule has 3 heteroatoms. The maximum atomic E-state index is 6.05. The van der Waals surface area contributed by atoms with Crippen molar-refractivity contribution in [2.75, 3.05) is 6.61 Å². The van der Waals surface area contributed by atoms with Gasteiger partial charge in [0.25, 0.3) is 0 Å². The lowest BCUT2D eigenvalue weighted by atomic mass is 10.1. The van der Waals surface area contributed by atoms with E-state index in [1.165, 1.54) is 5.57 Å². The first-order chi connectivity index (χ1) is 6.52. The van der Waals surface area contributed by atoms with Gasteiger partial charge in [-0.05, 0) is 19.9 Å². The van der Waals surface area contributed by atoms with Crippen LogP contribution in [0.15, 0.2) is 36.0 Å². The summed E-state index contributed by atoms with van der Waals surface area (Å²) in [5.41, 5.74) is 7.04. The molecule has 2 unspecified atom stereocenters. The Morgan fingerprint density at radius 2 is 2.29 bits per heavy atom. The van der Waals surface area contributed by atoms with Crippen LogP contribution < -0.4 is 5.73 Å². The van der Waals surface area contributed by atoms with Crippen LogP contribution in [0.25, 0.3) is 0 Å². The van der Waals surface area contributed by atoms with Gasteiger partial charge in [0.05, 0.1) is 6.61 Å². The molecule has 0 heterocycles. The average molecular weight is 214 g/mol. The molecule has 0 aliphatic heterocycles. The van der Waals surface area contributed by atoms with Gasteiger partial charge in [0.1, 0.15) is 11.1 Å². The van der Waals surface area contributed by atoms with E-state index < -0.39 is 5.00 Å². The summed E-state index contributed by atoms with van der Waals surface area (Å²) in [7, 11) is 0. The predicted molar refractivity (Wildman–Crippen MR) is 60.2 cm³/mol. The third-order valence-corrected chi connectivity index (χ3v) is 2.29. The molecule has 0 saturated heterocycles. The van der Waals surface area contributed by atoms with Gasteiger partial charge in [-0.15, -0.1) is 0 Å². The summed E-state index contributed by atoms with van der Waals surface area (Å²) in [6.07, 6.45) is 9.06. The molecule has 0 aromatic heterocycles. The molecular formula is C11H16ClNO. The molecule has 0 fully saturated rings. The molecule has 1 rings (SSSR count). The third kappa shape index (κ3) is 3.29. The van der Waals surface area contributed by atoms with Crippen molar-refractivity contribution in [3.05, 3.63) is 36.0 Å². The average Bonchev–Trinajstić information content (AvgIpc) is 2.07. The van der Waals surface area contributed by atoms with Crippen LogP contribution >= 0.6 is 11.6 Å². The molecule has 0 spiro atoms. The molecule has 0 radical (unpaired) electrons. The first-order valence-electron chi connectivity index (χ1n) is 4.61. The fraction of sp³-hybridized carbons (Fsp3) is 0.455. The van der Waals surface area contributed by atoms with Crippen LogP contribution in [0.4, 0.5) is 0 Å². The standard InChI is InChI=1S/C11H16ClNO/c1-9(2)6-8-14-10-5-3-4-7-11(10,12)13/h3-7,10H,8,13H2,1-2H3. The van der Waals surface area contributed by atoms with Crippen molar-refractivity contribution >= 4 is 11.6 Å². The maximum Gasteiger partial charge on any atom is 0.140 e. The highest BCUT2D eigenvalue weighted by molar-refractivity contribution is 6.25. The molecule has 2 nitrogen and oxygen atoms in total. The van der Waals surface area contributed by atoms with Crippen molar-refractivity contribution in [1.82, 2.24) is 0 Å². The largest absolute Gasteiger partial charge is 0.366 e. The highest BCUT2D eigenvalue weighted by Gasteiger charge is 2.30. The number of halogens is 1. The van der Waals surface area contributed by atoms with Crippen molar-refractivity contribution in [3.8, 4) is 0 Å². The molecule has 1 aliphatic rings. The maximum absolute atomic E-state index is 6.05. The summed E-state index contributed by atoms with van der Waals surface area (Å²) in [4.78, 5) is -0.912. The minimum atomic E-state index is -0.912. The Bertz CT molecular complexity index is 275.